The molecular weight excluding hydrogens is 376 g/mol. The normalized spacial score (nSPS) is 22.0. The number of hydrogen-bond donors (Lipinski definition) is 1. The molecule has 2 aliphatic heterocycles. The molecule has 4 rings (SSSR count). The second-order valence-electron chi connectivity index (χ2n) is 8.24. The van der Waals surface area contributed by atoms with E-state index in [1.807, 2.05) is 41.8 Å². The predicted molar refractivity (Wildman–Crippen MR) is 120 cm³/mol. The van der Waals surface area contributed by atoms with E-state index in [9.17, 15) is 4.79 Å². The van der Waals surface area contributed by atoms with Crippen LogP contribution in [0.25, 0.3) is 0 Å². The van der Waals surface area contributed by atoms with Crippen molar-refractivity contribution in [3.05, 3.63) is 48.5 Å². The van der Waals surface area contributed by atoms with Crippen molar-refractivity contribution in [2.24, 2.45) is 10.9 Å². The summed E-state index contributed by atoms with van der Waals surface area (Å²) in [6.07, 6.45) is 8.88. The Morgan fingerprint density at radius 2 is 2.17 bits per heavy atom. The van der Waals surface area contributed by atoms with Crippen molar-refractivity contribution in [3.8, 4) is 0 Å². The maximum absolute atomic E-state index is 13.0. The number of rotatable bonds is 4. The Morgan fingerprint density at radius 1 is 1.30 bits per heavy atom. The Kier molecular flexibility index (Phi) is 6.35. The number of para-hydroxylation sites is 1. The number of guanidine groups is 1. The third kappa shape index (κ3) is 4.35. The number of anilines is 1. The minimum absolute atomic E-state index is 0.0640. The van der Waals surface area contributed by atoms with Gasteiger partial charge in [-0.25, -0.2) is 9.98 Å². The van der Waals surface area contributed by atoms with E-state index < -0.39 is 0 Å². The predicted octanol–water partition coefficient (Wildman–Crippen LogP) is 2.71. The summed E-state index contributed by atoms with van der Waals surface area (Å²) in [5, 5.41) is 3.39. The quantitative estimate of drug-likeness (QED) is 0.624. The number of likely N-dealkylation sites (tertiary alicyclic amines) is 1. The van der Waals surface area contributed by atoms with E-state index in [2.05, 4.69) is 39.7 Å². The fourth-order valence-electron chi connectivity index (χ4n) is 4.54. The minimum Gasteiger partial charge on any atom is -0.357 e. The zero-order valence-corrected chi connectivity index (χ0v) is 18.0. The van der Waals surface area contributed by atoms with Gasteiger partial charge in [-0.1, -0.05) is 25.1 Å². The van der Waals surface area contributed by atoms with Crippen molar-refractivity contribution in [2.45, 2.75) is 39.2 Å². The van der Waals surface area contributed by atoms with Gasteiger partial charge < -0.3 is 19.7 Å². The molecule has 0 bridgehead atoms. The monoisotopic (exact) mass is 408 g/mol. The van der Waals surface area contributed by atoms with Gasteiger partial charge in [-0.3, -0.25) is 4.79 Å². The zero-order chi connectivity index (χ0) is 20.9. The molecule has 2 aromatic rings. The summed E-state index contributed by atoms with van der Waals surface area (Å²) in [6, 6.07) is 8.57. The molecule has 7 nitrogen and oxygen atoms in total. The largest absolute Gasteiger partial charge is 0.357 e. The number of aromatic nitrogens is 2. The number of imidazole rings is 1. The number of aryl methyl sites for hydroxylation is 1. The molecule has 1 aromatic carbocycles. The van der Waals surface area contributed by atoms with E-state index in [4.69, 9.17) is 4.99 Å². The Morgan fingerprint density at radius 3 is 2.97 bits per heavy atom. The summed E-state index contributed by atoms with van der Waals surface area (Å²) in [7, 11) is 0. The van der Waals surface area contributed by atoms with Gasteiger partial charge >= 0.3 is 0 Å². The SMILES string of the molecule is CCNC(=NCC(=O)N1CCCc2ccccc21)N1CCC(C)C(n2ccnc2)C1. The number of fused-ring (bicyclic) bond motifs is 1. The second kappa shape index (κ2) is 9.32. The molecule has 0 saturated carbocycles. The highest BCUT2D eigenvalue weighted by Crippen LogP contribution is 2.28. The highest BCUT2D eigenvalue weighted by Gasteiger charge is 2.29. The lowest BCUT2D eigenvalue weighted by Crippen LogP contribution is -2.49. The van der Waals surface area contributed by atoms with Gasteiger partial charge in [0.15, 0.2) is 5.96 Å². The number of hydrogen-bond acceptors (Lipinski definition) is 3. The summed E-state index contributed by atoms with van der Waals surface area (Å²) in [6.45, 7) is 7.89. The van der Waals surface area contributed by atoms with Crippen LogP contribution in [0.4, 0.5) is 5.69 Å². The number of carbonyl (C=O) groups is 1. The van der Waals surface area contributed by atoms with Gasteiger partial charge in [-0.15, -0.1) is 0 Å². The van der Waals surface area contributed by atoms with Crippen LogP contribution in [-0.4, -0.2) is 59.0 Å². The first-order valence-electron chi connectivity index (χ1n) is 11.1. The maximum atomic E-state index is 13.0. The topological polar surface area (TPSA) is 65.8 Å². The first kappa shape index (κ1) is 20.4. The highest BCUT2D eigenvalue weighted by molar-refractivity contribution is 5.97. The van der Waals surface area contributed by atoms with Crippen LogP contribution in [0.2, 0.25) is 0 Å². The van der Waals surface area contributed by atoms with E-state index in [-0.39, 0.29) is 12.5 Å². The van der Waals surface area contributed by atoms with Crippen molar-refractivity contribution < 1.29 is 4.79 Å². The van der Waals surface area contributed by atoms with Gasteiger partial charge in [-0.2, -0.15) is 0 Å². The van der Waals surface area contributed by atoms with Crippen molar-refractivity contribution in [3.63, 3.8) is 0 Å². The van der Waals surface area contributed by atoms with E-state index in [0.717, 1.165) is 57.1 Å². The number of nitrogens with one attached hydrogen (secondary N) is 1. The number of amides is 1. The lowest BCUT2D eigenvalue weighted by molar-refractivity contribution is -0.117. The lowest BCUT2D eigenvalue weighted by Gasteiger charge is -2.39. The van der Waals surface area contributed by atoms with Crippen LogP contribution in [0.5, 0.6) is 0 Å². The summed E-state index contributed by atoms with van der Waals surface area (Å²) in [4.78, 5) is 26.2. The van der Waals surface area contributed by atoms with Crippen LogP contribution in [0.15, 0.2) is 48.0 Å². The fourth-order valence-corrected chi connectivity index (χ4v) is 4.54. The zero-order valence-electron chi connectivity index (χ0n) is 18.0. The second-order valence-corrected chi connectivity index (χ2v) is 8.24. The van der Waals surface area contributed by atoms with Crippen molar-refractivity contribution in [2.75, 3.05) is 37.6 Å². The number of aliphatic imine (C=N–C) groups is 1. The molecule has 2 aliphatic rings. The highest BCUT2D eigenvalue weighted by atomic mass is 16.2. The van der Waals surface area contributed by atoms with Crippen LogP contribution in [0.1, 0.15) is 38.3 Å². The van der Waals surface area contributed by atoms with Gasteiger partial charge in [0.25, 0.3) is 0 Å². The third-order valence-corrected chi connectivity index (χ3v) is 6.24. The van der Waals surface area contributed by atoms with Gasteiger partial charge in [0.05, 0.1) is 12.4 Å². The van der Waals surface area contributed by atoms with Gasteiger partial charge in [0.2, 0.25) is 5.91 Å². The Hall–Kier alpha value is -2.83. The average Bonchev–Trinajstić information content (AvgIpc) is 3.31. The summed E-state index contributed by atoms with van der Waals surface area (Å²) >= 11 is 0. The molecule has 0 radical (unpaired) electrons. The molecule has 1 amide bonds. The number of carbonyl (C=O) groups excluding carboxylic acids is 1. The van der Waals surface area contributed by atoms with E-state index >= 15 is 0 Å². The van der Waals surface area contributed by atoms with Gasteiger partial charge in [-0.05, 0) is 43.7 Å². The molecule has 1 fully saturated rings. The van der Waals surface area contributed by atoms with Crippen LogP contribution in [0, 0.1) is 5.92 Å². The van der Waals surface area contributed by atoms with E-state index in [1.165, 1.54) is 5.56 Å². The summed E-state index contributed by atoms with van der Waals surface area (Å²) < 4.78 is 2.19. The Balaban J connectivity index is 1.47. The molecule has 1 aromatic heterocycles. The summed E-state index contributed by atoms with van der Waals surface area (Å²) in [5.41, 5.74) is 2.29. The van der Waals surface area contributed by atoms with Gasteiger partial charge in [0, 0.05) is 44.3 Å². The molecule has 2 unspecified atom stereocenters. The molecule has 0 aliphatic carbocycles. The van der Waals surface area contributed by atoms with Gasteiger partial charge in [0.1, 0.15) is 6.54 Å². The number of piperidine rings is 1. The number of benzene rings is 1. The van der Waals surface area contributed by atoms with Crippen molar-refractivity contribution in [1.29, 1.82) is 0 Å². The molecule has 1 N–H and O–H groups in total. The first-order chi connectivity index (χ1) is 14.7. The molecule has 30 heavy (non-hydrogen) atoms. The van der Waals surface area contributed by atoms with Crippen molar-refractivity contribution >= 4 is 17.6 Å². The standard InChI is InChI=1S/C23H32N6O/c1-3-25-23(27-13-10-18(2)21(16-27)28-14-11-24-17-28)26-15-22(30)29-12-6-8-19-7-4-5-9-20(19)29/h4-5,7,9,11,14,17-18,21H,3,6,8,10,12-13,15-16H2,1-2H3,(H,25,26). The fraction of sp³-hybridized carbons (Fsp3) is 0.522. The molecule has 160 valence electrons. The van der Waals surface area contributed by atoms with Crippen LogP contribution in [0.3, 0.4) is 0 Å². The van der Waals surface area contributed by atoms with Crippen molar-refractivity contribution in [1.82, 2.24) is 19.8 Å². The average molecular weight is 409 g/mol. The van der Waals surface area contributed by atoms with E-state index in [0.29, 0.717) is 12.0 Å². The van der Waals surface area contributed by atoms with Crippen LogP contribution < -0.4 is 10.2 Å². The summed E-state index contributed by atoms with van der Waals surface area (Å²) in [5.74, 6) is 1.46. The molecule has 1 saturated heterocycles. The van der Waals surface area contributed by atoms with Crippen LogP contribution in [-0.2, 0) is 11.2 Å². The minimum atomic E-state index is 0.0640. The molecule has 7 heteroatoms. The Bertz CT molecular complexity index is 878. The lowest BCUT2D eigenvalue weighted by atomic mass is 9.93. The Labute approximate surface area is 178 Å². The molecular formula is C23H32N6O. The van der Waals surface area contributed by atoms with E-state index in [1.54, 1.807) is 0 Å². The third-order valence-electron chi connectivity index (χ3n) is 6.24. The number of nitrogens with zero attached hydrogens (tertiary/aromatic N) is 5. The molecule has 0 spiro atoms. The molecule has 2 atom stereocenters. The maximum Gasteiger partial charge on any atom is 0.248 e. The first-order valence-corrected chi connectivity index (χ1v) is 11.1. The smallest absolute Gasteiger partial charge is 0.248 e. The van der Waals surface area contributed by atoms with Crippen LogP contribution >= 0.6 is 0 Å². The molecule has 3 heterocycles.